The molecule has 0 radical (unpaired) electrons. The summed E-state index contributed by atoms with van der Waals surface area (Å²) in [5, 5.41) is 8.41. The number of hydrogen-bond acceptors (Lipinski definition) is 4. The smallest absolute Gasteiger partial charge is 0.305 e. The normalized spacial score (nSPS) is 10.1. The van der Waals surface area contributed by atoms with Crippen LogP contribution in [0.3, 0.4) is 0 Å². The summed E-state index contributed by atoms with van der Waals surface area (Å²) < 4.78 is 4.84. The highest BCUT2D eigenvalue weighted by atomic mass is 16.5. The Kier molecular flexibility index (Phi) is 9.73. The summed E-state index contributed by atoms with van der Waals surface area (Å²) in [5.74, 6) is -0.0969. The fourth-order valence-electron chi connectivity index (χ4n) is 1.41. The van der Waals surface area contributed by atoms with Gasteiger partial charge in [-0.05, 0) is 33.4 Å². The van der Waals surface area contributed by atoms with Crippen molar-refractivity contribution in [3.8, 4) is 6.07 Å². The number of carbonyl (C=O) groups excluding carboxylic acids is 1. The Bertz CT molecular complexity index is 224. The fraction of sp³-hybridized carbons (Fsp3) is 0.833. The third-order valence-electron chi connectivity index (χ3n) is 2.33. The van der Waals surface area contributed by atoms with E-state index < -0.39 is 0 Å². The average Bonchev–Trinajstić information content (AvgIpc) is 2.26. The van der Waals surface area contributed by atoms with E-state index in [1.807, 2.05) is 14.0 Å². The highest BCUT2D eigenvalue weighted by Crippen LogP contribution is 2.02. The highest BCUT2D eigenvalue weighted by molar-refractivity contribution is 5.69. The van der Waals surface area contributed by atoms with Crippen LogP contribution in [0.15, 0.2) is 0 Å². The molecule has 92 valence electrons. The minimum Gasteiger partial charge on any atom is -0.466 e. The van der Waals surface area contributed by atoms with Crippen molar-refractivity contribution in [3.05, 3.63) is 0 Å². The molecule has 4 heteroatoms. The second kappa shape index (κ2) is 10.4. The van der Waals surface area contributed by atoms with Crippen molar-refractivity contribution >= 4 is 5.97 Å². The van der Waals surface area contributed by atoms with Gasteiger partial charge in [-0.2, -0.15) is 5.26 Å². The molecule has 0 saturated carbocycles. The van der Waals surface area contributed by atoms with Crippen LogP contribution in [0.2, 0.25) is 0 Å². The van der Waals surface area contributed by atoms with Gasteiger partial charge in [-0.15, -0.1) is 0 Å². The summed E-state index contributed by atoms with van der Waals surface area (Å²) in [6.07, 6.45) is 4.11. The Hall–Kier alpha value is -1.08. The maximum atomic E-state index is 11.0. The van der Waals surface area contributed by atoms with Crippen LogP contribution >= 0.6 is 0 Å². The van der Waals surface area contributed by atoms with E-state index in [1.54, 1.807) is 0 Å². The first-order valence-electron chi connectivity index (χ1n) is 5.91. The zero-order valence-electron chi connectivity index (χ0n) is 10.4. The lowest BCUT2D eigenvalue weighted by Gasteiger charge is -2.13. The minimum atomic E-state index is -0.0969. The van der Waals surface area contributed by atoms with E-state index in [4.69, 9.17) is 10.00 Å². The minimum absolute atomic E-state index is 0.0969. The summed E-state index contributed by atoms with van der Waals surface area (Å²) >= 11 is 0. The Morgan fingerprint density at radius 1 is 1.31 bits per heavy atom. The molecule has 0 amide bonds. The van der Waals surface area contributed by atoms with Crippen LogP contribution in [-0.4, -0.2) is 37.6 Å². The van der Waals surface area contributed by atoms with Gasteiger partial charge in [0.1, 0.15) is 0 Å². The predicted octanol–water partition coefficient (Wildman–Crippen LogP) is 1.96. The van der Waals surface area contributed by atoms with Gasteiger partial charge in [-0.3, -0.25) is 4.79 Å². The average molecular weight is 226 g/mol. The first-order chi connectivity index (χ1) is 7.70. The van der Waals surface area contributed by atoms with Crippen molar-refractivity contribution in [3.63, 3.8) is 0 Å². The molecule has 0 N–H and O–H groups in total. The van der Waals surface area contributed by atoms with E-state index in [1.165, 1.54) is 0 Å². The predicted molar refractivity (Wildman–Crippen MR) is 62.8 cm³/mol. The van der Waals surface area contributed by atoms with Crippen LogP contribution < -0.4 is 0 Å². The van der Waals surface area contributed by atoms with Gasteiger partial charge in [-0.1, -0.05) is 6.42 Å². The van der Waals surface area contributed by atoms with Crippen LogP contribution in [0.5, 0.6) is 0 Å². The van der Waals surface area contributed by atoms with Crippen molar-refractivity contribution in [1.82, 2.24) is 4.90 Å². The summed E-state index contributed by atoms with van der Waals surface area (Å²) in [7, 11) is 2.02. The molecule has 0 spiro atoms. The molecule has 0 rings (SSSR count). The second-order valence-corrected chi connectivity index (χ2v) is 3.83. The van der Waals surface area contributed by atoms with Crippen molar-refractivity contribution < 1.29 is 9.53 Å². The molecule has 0 unspecified atom stereocenters. The van der Waals surface area contributed by atoms with Gasteiger partial charge in [0.25, 0.3) is 0 Å². The monoisotopic (exact) mass is 226 g/mol. The van der Waals surface area contributed by atoms with Crippen molar-refractivity contribution in [1.29, 1.82) is 5.26 Å². The highest BCUT2D eigenvalue weighted by Gasteiger charge is 2.01. The van der Waals surface area contributed by atoms with Gasteiger partial charge in [0, 0.05) is 19.4 Å². The van der Waals surface area contributed by atoms with Crippen LogP contribution in [0.1, 0.15) is 39.0 Å². The molecular formula is C12H22N2O2. The molecule has 16 heavy (non-hydrogen) atoms. The largest absolute Gasteiger partial charge is 0.466 e. The van der Waals surface area contributed by atoms with E-state index in [0.29, 0.717) is 19.4 Å². The number of ether oxygens (including phenoxy) is 1. The molecular weight excluding hydrogens is 204 g/mol. The van der Waals surface area contributed by atoms with E-state index >= 15 is 0 Å². The Morgan fingerprint density at radius 3 is 2.69 bits per heavy atom. The fourth-order valence-corrected chi connectivity index (χ4v) is 1.41. The number of rotatable bonds is 9. The SMILES string of the molecule is CCOC(=O)CCCCCN(C)CCC#N. The zero-order chi connectivity index (χ0) is 12.2. The van der Waals surface area contributed by atoms with Gasteiger partial charge in [0.2, 0.25) is 0 Å². The second-order valence-electron chi connectivity index (χ2n) is 3.83. The van der Waals surface area contributed by atoms with Crippen LogP contribution in [0, 0.1) is 11.3 Å². The molecule has 4 nitrogen and oxygen atoms in total. The Morgan fingerprint density at radius 2 is 2.06 bits per heavy atom. The summed E-state index contributed by atoms with van der Waals surface area (Å²) in [6.45, 7) is 4.11. The Labute approximate surface area is 98.2 Å². The molecule has 0 fully saturated rings. The van der Waals surface area contributed by atoms with Crippen molar-refractivity contribution in [2.75, 3.05) is 26.7 Å². The van der Waals surface area contributed by atoms with E-state index in [-0.39, 0.29) is 5.97 Å². The van der Waals surface area contributed by atoms with E-state index in [2.05, 4.69) is 11.0 Å². The lowest BCUT2D eigenvalue weighted by atomic mass is 10.2. The Balaban J connectivity index is 3.26. The third-order valence-corrected chi connectivity index (χ3v) is 2.33. The molecule has 0 atom stereocenters. The van der Waals surface area contributed by atoms with Crippen LogP contribution in [0.4, 0.5) is 0 Å². The van der Waals surface area contributed by atoms with Crippen molar-refractivity contribution in [2.45, 2.75) is 39.0 Å². The molecule has 0 aromatic carbocycles. The standard InChI is InChI=1S/C12H22N2O2/c1-3-16-12(15)8-5-4-6-10-14(2)11-7-9-13/h3-8,10-11H2,1-2H3. The molecule has 0 aromatic heterocycles. The lowest BCUT2D eigenvalue weighted by molar-refractivity contribution is -0.143. The van der Waals surface area contributed by atoms with Crippen molar-refractivity contribution in [2.24, 2.45) is 0 Å². The van der Waals surface area contributed by atoms with E-state index in [0.717, 1.165) is 32.4 Å². The number of unbranched alkanes of at least 4 members (excludes halogenated alkanes) is 2. The molecule has 0 saturated heterocycles. The molecule has 0 bridgehead atoms. The zero-order valence-corrected chi connectivity index (χ0v) is 10.4. The number of nitriles is 1. The van der Waals surface area contributed by atoms with Gasteiger partial charge in [0.05, 0.1) is 12.7 Å². The molecule has 0 aliphatic heterocycles. The topological polar surface area (TPSA) is 53.3 Å². The number of nitrogens with zero attached hydrogens (tertiary/aromatic N) is 2. The van der Waals surface area contributed by atoms with Gasteiger partial charge in [-0.25, -0.2) is 0 Å². The lowest BCUT2D eigenvalue weighted by Crippen LogP contribution is -2.20. The summed E-state index contributed by atoms with van der Waals surface area (Å²) in [5.41, 5.74) is 0. The van der Waals surface area contributed by atoms with Crippen LogP contribution in [-0.2, 0) is 9.53 Å². The summed E-state index contributed by atoms with van der Waals surface area (Å²) in [6, 6.07) is 2.13. The maximum Gasteiger partial charge on any atom is 0.305 e. The van der Waals surface area contributed by atoms with E-state index in [9.17, 15) is 4.79 Å². The van der Waals surface area contributed by atoms with Gasteiger partial charge >= 0.3 is 5.97 Å². The quantitative estimate of drug-likeness (QED) is 0.445. The third kappa shape index (κ3) is 9.47. The number of esters is 1. The maximum absolute atomic E-state index is 11.0. The molecule has 0 heterocycles. The number of carbonyl (C=O) groups is 1. The molecule has 0 aliphatic rings. The number of hydrogen-bond donors (Lipinski definition) is 0. The molecule has 0 aromatic rings. The van der Waals surface area contributed by atoms with Crippen LogP contribution in [0.25, 0.3) is 0 Å². The first-order valence-corrected chi connectivity index (χ1v) is 5.91. The first kappa shape index (κ1) is 14.9. The molecule has 0 aliphatic carbocycles. The van der Waals surface area contributed by atoms with Gasteiger partial charge < -0.3 is 9.64 Å². The summed E-state index contributed by atoms with van der Waals surface area (Å²) in [4.78, 5) is 13.2. The van der Waals surface area contributed by atoms with Gasteiger partial charge in [0.15, 0.2) is 0 Å².